The van der Waals surface area contributed by atoms with E-state index in [1.165, 1.54) is 7.05 Å². The molecule has 0 atom stereocenters. The van der Waals surface area contributed by atoms with E-state index in [9.17, 15) is 13.2 Å². The first kappa shape index (κ1) is 15.6. The van der Waals surface area contributed by atoms with Crippen molar-refractivity contribution >= 4 is 17.5 Å². The number of halogens is 3. The molecule has 22 heavy (non-hydrogen) atoms. The lowest BCUT2D eigenvalue weighted by Crippen LogP contribution is -2.12. The third-order valence-corrected chi connectivity index (χ3v) is 3.12. The summed E-state index contributed by atoms with van der Waals surface area (Å²) in [5, 5.41) is 14.2. The van der Waals surface area contributed by atoms with E-state index in [1.807, 2.05) is 6.07 Å². The number of nitriles is 1. The molecule has 0 radical (unpaired) electrons. The molecule has 0 aliphatic carbocycles. The van der Waals surface area contributed by atoms with Gasteiger partial charge in [0.25, 0.3) is 0 Å². The molecule has 0 amide bonds. The van der Waals surface area contributed by atoms with E-state index in [0.717, 1.165) is 0 Å². The summed E-state index contributed by atoms with van der Waals surface area (Å²) in [6.07, 6.45) is -2.17. The van der Waals surface area contributed by atoms with Gasteiger partial charge in [0.1, 0.15) is 23.1 Å². The van der Waals surface area contributed by atoms with Crippen LogP contribution in [0.1, 0.15) is 16.8 Å². The molecule has 0 bridgehead atoms. The van der Waals surface area contributed by atoms with Crippen LogP contribution >= 0.6 is 0 Å². The van der Waals surface area contributed by atoms with E-state index >= 15 is 0 Å². The molecule has 0 fully saturated rings. The van der Waals surface area contributed by atoms with Gasteiger partial charge >= 0.3 is 6.18 Å². The third-order valence-electron chi connectivity index (χ3n) is 3.12. The minimum absolute atomic E-state index is 0.00976. The Labute approximate surface area is 124 Å². The minimum Gasteiger partial charge on any atom is -0.372 e. The monoisotopic (exact) mass is 310 g/mol. The summed E-state index contributed by atoms with van der Waals surface area (Å²) < 4.78 is 40.0. The highest BCUT2D eigenvalue weighted by molar-refractivity contribution is 5.63. The molecule has 0 aromatic carbocycles. The highest BCUT2D eigenvalue weighted by Gasteiger charge is 2.35. The molecule has 2 heterocycles. The van der Waals surface area contributed by atoms with Gasteiger partial charge in [0.15, 0.2) is 0 Å². The molecule has 0 aliphatic rings. The number of nitrogens with zero attached hydrogens (tertiary/aromatic N) is 4. The Morgan fingerprint density at radius 2 is 2.05 bits per heavy atom. The smallest absolute Gasteiger partial charge is 0.372 e. The summed E-state index contributed by atoms with van der Waals surface area (Å²) in [5.41, 5.74) is 0.728. The zero-order valence-corrected chi connectivity index (χ0v) is 12.1. The number of aryl methyl sites for hydroxylation is 1. The molecule has 9 heteroatoms. The lowest BCUT2D eigenvalue weighted by Gasteiger charge is -2.12. The Morgan fingerprint density at radius 1 is 1.36 bits per heavy atom. The first-order valence-corrected chi connectivity index (χ1v) is 6.23. The van der Waals surface area contributed by atoms with Crippen molar-refractivity contribution in [3.05, 3.63) is 29.2 Å². The van der Waals surface area contributed by atoms with Crippen LogP contribution in [0.15, 0.2) is 12.4 Å². The zero-order valence-electron chi connectivity index (χ0n) is 12.1. The van der Waals surface area contributed by atoms with Crippen molar-refractivity contribution in [2.75, 3.05) is 17.7 Å². The second-order valence-electron chi connectivity index (χ2n) is 4.57. The predicted octanol–water partition coefficient (Wildman–Crippen LogP) is 2.80. The maximum Gasteiger partial charge on any atom is 0.421 e. The fraction of sp³-hybridized carbons (Fsp3) is 0.308. The summed E-state index contributed by atoms with van der Waals surface area (Å²) in [7, 11) is 3.05. The van der Waals surface area contributed by atoms with Crippen molar-refractivity contribution in [3.63, 3.8) is 0 Å². The average molecular weight is 310 g/mol. The number of hydrogen-bond donors (Lipinski definition) is 2. The maximum absolute atomic E-state index is 12.8. The molecule has 0 saturated heterocycles. The number of alkyl halides is 3. The van der Waals surface area contributed by atoms with Crippen LogP contribution in [0.2, 0.25) is 0 Å². The van der Waals surface area contributed by atoms with Crippen LogP contribution in [-0.4, -0.2) is 21.6 Å². The molecule has 0 saturated carbocycles. The van der Waals surface area contributed by atoms with Gasteiger partial charge < -0.3 is 15.2 Å². The largest absolute Gasteiger partial charge is 0.421 e. The van der Waals surface area contributed by atoms with Crippen LogP contribution in [0.25, 0.3) is 0 Å². The predicted molar refractivity (Wildman–Crippen MR) is 74.7 cm³/mol. The van der Waals surface area contributed by atoms with Crippen LogP contribution in [0.3, 0.4) is 0 Å². The van der Waals surface area contributed by atoms with Crippen LogP contribution in [-0.2, 0) is 13.2 Å². The summed E-state index contributed by atoms with van der Waals surface area (Å²) >= 11 is 0. The summed E-state index contributed by atoms with van der Waals surface area (Å²) in [6.45, 7) is 1.73. The van der Waals surface area contributed by atoms with Gasteiger partial charge in [0, 0.05) is 32.1 Å². The van der Waals surface area contributed by atoms with Crippen molar-refractivity contribution in [3.8, 4) is 6.07 Å². The number of anilines is 3. The molecule has 0 unspecified atom stereocenters. The molecule has 0 spiro atoms. The van der Waals surface area contributed by atoms with Crippen LogP contribution < -0.4 is 10.6 Å². The first-order valence-electron chi connectivity index (χ1n) is 6.23. The van der Waals surface area contributed by atoms with Gasteiger partial charge in [-0.05, 0) is 6.92 Å². The van der Waals surface area contributed by atoms with Gasteiger partial charge in [0.05, 0.1) is 5.69 Å². The van der Waals surface area contributed by atoms with Crippen molar-refractivity contribution in [2.24, 2.45) is 7.05 Å². The molecular formula is C13H13F3N6. The number of nitrogens with one attached hydrogen (secondary N) is 2. The maximum atomic E-state index is 12.8. The number of aromatic nitrogens is 3. The minimum atomic E-state index is -4.53. The van der Waals surface area contributed by atoms with E-state index in [-0.39, 0.29) is 11.8 Å². The van der Waals surface area contributed by atoms with Gasteiger partial charge in [-0.3, -0.25) is 0 Å². The van der Waals surface area contributed by atoms with E-state index in [0.29, 0.717) is 23.1 Å². The lowest BCUT2D eigenvalue weighted by molar-refractivity contribution is -0.137. The fourth-order valence-corrected chi connectivity index (χ4v) is 2.00. The average Bonchev–Trinajstić information content (AvgIpc) is 2.71. The van der Waals surface area contributed by atoms with Crippen molar-refractivity contribution in [1.29, 1.82) is 5.26 Å². The Morgan fingerprint density at radius 3 is 2.55 bits per heavy atom. The van der Waals surface area contributed by atoms with Crippen LogP contribution in [0, 0.1) is 18.3 Å². The first-order chi connectivity index (χ1) is 10.3. The number of hydrogen-bond acceptors (Lipinski definition) is 5. The summed E-state index contributed by atoms with van der Waals surface area (Å²) in [5.74, 6) is -0.311. The Hall–Kier alpha value is -2.76. The Bertz CT molecular complexity index is 741. The molecule has 116 valence electrons. The zero-order chi connectivity index (χ0) is 16.5. The standard InChI is InChI=1S/C13H13F3N6/c1-7-9(6-22(3)10(7)4-17)20-12-19-5-8(13(14,15)16)11(18-2)21-12/h5-6H,1-3H3,(H2,18,19,20,21). The van der Waals surface area contributed by atoms with E-state index in [1.54, 1.807) is 24.7 Å². The van der Waals surface area contributed by atoms with Gasteiger partial charge in [-0.1, -0.05) is 0 Å². The van der Waals surface area contributed by atoms with Gasteiger partial charge in [0.2, 0.25) is 5.95 Å². The molecule has 6 nitrogen and oxygen atoms in total. The molecule has 2 N–H and O–H groups in total. The van der Waals surface area contributed by atoms with E-state index in [2.05, 4.69) is 20.6 Å². The highest BCUT2D eigenvalue weighted by atomic mass is 19.4. The van der Waals surface area contributed by atoms with E-state index in [4.69, 9.17) is 5.26 Å². The van der Waals surface area contributed by atoms with E-state index < -0.39 is 11.7 Å². The second kappa shape index (κ2) is 5.55. The normalized spacial score (nSPS) is 11.1. The molecule has 2 aromatic heterocycles. The summed E-state index contributed by atoms with van der Waals surface area (Å²) in [4.78, 5) is 7.49. The van der Waals surface area contributed by atoms with Crippen LogP contribution in [0.5, 0.6) is 0 Å². The molecular weight excluding hydrogens is 297 g/mol. The molecule has 2 rings (SSSR count). The second-order valence-corrected chi connectivity index (χ2v) is 4.57. The molecule has 2 aromatic rings. The van der Waals surface area contributed by atoms with Crippen molar-refractivity contribution in [2.45, 2.75) is 13.1 Å². The fourth-order valence-electron chi connectivity index (χ4n) is 2.00. The quantitative estimate of drug-likeness (QED) is 0.911. The number of rotatable bonds is 3. The lowest BCUT2D eigenvalue weighted by atomic mass is 10.2. The SMILES string of the molecule is CNc1nc(Nc2cn(C)c(C#N)c2C)ncc1C(F)(F)F. The third kappa shape index (κ3) is 2.81. The summed E-state index contributed by atoms with van der Waals surface area (Å²) in [6, 6.07) is 2.04. The Balaban J connectivity index is 2.38. The highest BCUT2D eigenvalue weighted by Crippen LogP contribution is 2.34. The van der Waals surface area contributed by atoms with Crippen molar-refractivity contribution in [1.82, 2.24) is 14.5 Å². The van der Waals surface area contributed by atoms with Gasteiger partial charge in [-0.25, -0.2) is 4.98 Å². The van der Waals surface area contributed by atoms with Crippen LogP contribution in [0.4, 0.5) is 30.6 Å². The van der Waals surface area contributed by atoms with Crippen molar-refractivity contribution < 1.29 is 13.2 Å². The van der Waals surface area contributed by atoms with Gasteiger partial charge in [-0.2, -0.15) is 23.4 Å². The Kier molecular flexibility index (Phi) is 3.95. The topological polar surface area (TPSA) is 78.6 Å². The molecule has 0 aliphatic heterocycles. The van der Waals surface area contributed by atoms with Gasteiger partial charge in [-0.15, -0.1) is 0 Å².